The molecule has 0 saturated carbocycles. The molecule has 2 aromatic carbocycles. The van der Waals surface area contributed by atoms with Gasteiger partial charge in [0.05, 0.1) is 6.04 Å². The minimum absolute atomic E-state index is 0.212. The molecule has 3 aliphatic rings. The van der Waals surface area contributed by atoms with Gasteiger partial charge in [0.25, 0.3) is 0 Å². The molecular formula is C17H15NO4. The Morgan fingerprint density at radius 2 is 2.05 bits per heavy atom. The number of benzene rings is 2. The number of aliphatic hydroxyl groups excluding tert-OH is 1. The molecule has 2 aliphatic heterocycles. The first-order valence-electron chi connectivity index (χ1n) is 7.44. The van der Waals surface area contributed by atoms with Crippen molar-refractivity contribution in [2.24, 2.45) is 0 Å². The van der Waals surface area contributed by atoms with Crippen LogP contribution in [0.1, 0.15) is 28.8 Å². The van der Waals surface area contributed by atoms with Gasteiger partial charge in [-0.3, -0.25) is 0 Å². The van der Waals surface area contributed by atoms with Crippen molar-refractivity contribution in [2.75, 3.05) is 13.3 Å². The molecule has 0 amide bonds. The Bertz CT molecular complexity index is 788. The zero-order chi connectivity index (χ0) is 14.8. The maximum absolute atomic E-state index is 10.8. The van der Waals surface area contributed by atoms with Crippen LogP contribution in [0.5, 0.6) is 11.5 Å². The number of nitrogens with zero attached hydrogens (tertiary/aromatic N) is 1. The van der Waals surface area contributed by atoms with Gasteiger partial charge < -0.3 is 19.8 Å². The summed E-state index contributed by atoms with van der Waals surface area (Å²) in [6.07, 6.45) is -0.0333. The molecule has 2 N–H and O–H groups in total. The first-order chi connectivity index (χ1) is 10.8. The monoisotopic (exact) mass is 297 g/mol. The van der Waals surface area contributed by atoms with E-state index in [1.165, 1.54) is 5.06 Å². The number of hydroxylamine groups is 2. The third-order valence-corrected chi connectivity index (χ3v) is 4.86. The molecule has 0 fully saturated rings. The number of ether oxygens (including phenoxy) is 2. The van der Waals surface area contributed by atoms with Crippen LogP contribution >= 0.6 is 0 Å². The van der Waals surface area contributed by atoms with E-state index in [1.54, 1.807) is 0 Å². The predicted molar refractivity (Wildman–Crippen MR) is 77.9 cm³/mol. The maximum Gasteiger partial charge on any atom is 0.231 e. The normalized spacial score (nSPS) is 24.8. The molecule has 5 nitrogen and oxygen atoms in total. The molecule has 0 radical (unpaired) electrons. The molecule has 0 unspecified atom stereocenters. The van der Waals surface area contributed by atoms with Gasteiger partial charge in [0, 0.05) is 12.1 Å². The Hall–Kier alpha value is -2.08. The van der Waals surface area contributed by atoms with Crippen molar-refractivity contribution >= 4 is 0 Å². The van der Waals surface area contributed by atoms with Crippen LogP contribution < -0.4 is 9.47 Å². The van der Waals surface area contributed by atoms with Gasteiger partial charge in [0.1, 0.15) is 6.10 Å². The quantitative estimate of drug-likeness (QED) is 0.782. The minimum atomic E-state index is -0.756. The Kier molecular flexibility index (Phi) is 2.39. The lowest BCUT2D eigenvalue weighted by Gasteiger charge is -2.41. The summed E-state index contributed by atoms with van der Waals surface area (Å²) in [5, 5.41) is 22.3. The van der Waals surface area contributed by atoms with Crippen molar-refractivity contribution in [1.82, 2.24) is 5.06 Å². The summed E-state index contributed by atoms with van der Waals surface area (Å²) in [5.74, 6) is 1.48. The van der Waals surface area contributed by atoms with Crippen LogP contribution in [-0.2, 0) is 6.42 Å². The summed E-state index contributed by atoms with van der Waals surface area (Å²) < 4.78 is 11.3. The second-order valence-electron chi connectivity index (χ2n) is 5.95. The van der Waals surface area contributed by atoms with Crippen LogP contribution in [-0.4, -0.2) is 28.7 Å². The molecule has 0 bridgehead atoms. The van der Waals surface area contributed by atoms with Crippen LogP contribution in [0.4, 0.5) is 0 Å². The minimum Gasteiger partial charge on any atom is -0.454 e. The van der Waals surface area contributed by atoms with E-state index in [-0.39, 0.29) is 6.79 Å². The van der Waals surface area contributed by atoms with Crippen molar-refractivity contribution in [2.45, 2.75) is 18.6 Å². The van der Waals surface area contributed by atoms with Gasteiger partial charge in [-0.25, -0.2) is 0 Å². The lowest BCUT2D eigenvalue weighted by Crippen LogP contribution is -2.38. The molecule has 2 atom stereocenters. The highest BCUT2D eigenvalue weighted by molar-refractivity contribution is 5.84. The zero-order valence-electron chi connectivity index (χ0n) is 11.8. The Labute approximate surface area is 127 Å². The van der Waals surface area contributed by atoms with Gasteiger partial charge in [0.15, 0.2) is 11.5 Å². The van der Waals surface area contributed by atoms with E-state index in [1.807, 2.05) is 30.3 Å². The number of aliphatic hydroxyl groups is 1. The smallest absolute Gasteiger partial charge is 0.231 e. The summed E-state index contributed by atoms with van der Waals surface area (Å²) in [4.78, 5) is 0. The standard InChI is InChI=1S/C17H15NO4/c19-16-11-4-2-1-3-10(11)14-13-9(5-6-18(20)15(13)16)7-12-17(14)22-8-21-12/h1-4,7,15-16,19-20H,5-6,8H2/t15-,16-/m0/s1. The number of rotatable bonds is 0. The summed E-state index contributed by atoms with van der Waals surface area (Å²) >= 11 is 0. The Morgan fingerprint density at radius 3 is 2.95 bits per heavy atom. The third-order valence-electron chi connectivity index (χ3n) is 4.86. The van der Waals surface area contributed by atoms with Crippen molar-refractivity contribution < 1.29 is 19.8 Å². The van der Waals surface area contributed by atoms with E-state index in [0.717, 1.165) is 45.7 Å². The molecule has 1 aliphatic carbocycles. The Morgan fingerprint density at radius 1 is 1.18 bits per heavy atom. The highest BCUT2D eigenvalue weighted by Crippen LogP contribution is 2.56. The van der Waals surface area contributed by atoms with Gasteiger partial charge in [-0.2, -0.15) is 5.06 Å². The summed E-state index contributed by atoms with van der Waals surface area (Å²) in [6.45, 7) is 0.708. The molecule has 2 aromatic rings. The third kappa shape index (κ3) is 1.43. The first kappa shape index (κ1) is 12.5. The van der Waals surface area contributed by atoms with Crippen LogP contribution in [0.15, 0.2) is 30.3 Å². The fourth-order valence-corrected chi connectivity index (χ4v) is 3.92. The SMILES string of the molecule is O[C@H]1c2ccccc2-c2c3c(cc4c2[C@@H]1N(O)CC4)OCO3. The number of fused-ring (bicyclic) bond motifs is 4. The molecule has 0 aromatic heterocycles. The highest BCUT2D eigenvalue weighted by Gasteiger charge is 2.43. The van der Waals surface area contributed by atoms with Crippen molar-refractivity contribution in [3.05, 3.63) is 47.0 Å². The van der Waals surface area contributed by atoms with E-state index in [0.29, 0.717) is 6.54 Å². The van der Waals surface area contributed by atoms with Gasteiger partial charge in [-0.15, -0.1) is 0 Å². The van der Waals surface area contributed by atoms with Crippen LogP contribution in [0.3, 0.4) is 0 Å². The summed E-state index contributed by atoms with van der Waals surface area (Å²) in [7, 11) is 0. The van der Waals surface area contributed by atoms with E-state index in [2.05, 4.69) is 0 Å². The average molecular weight is 297 g/mol. The van der Waals surface area contributed by atoms with Crippen molar-refractivity contribution in [3.8, 4) is 22.6 Å². The van der Waals surface area contributed by atoms with Gasteiger partial charge in [-0.05, 0) is 34.7 Å². The maximum atomic E-state index is 10.8. The second kappa shape index (κ2) is 4.23. The molecule has 0 spiro atoms. The van der Waals surface area contributed by atoms with Crippen LogP contribution in [0.25, 0.3) is 11.1 Å². The van der Waals surface area contributed by atoms with Crippen molar-refractivity contribution in [1.29, 1.82) is 0 Å². The molecule has 5 heteroatoms. The van der Waals surface area contributed by atoms with E-state index < -0.39 is 12.1 Å². The largest absolute Gasteiger partial charge is 0.454 e. The molecular weight excluding hydrogens is 282 g/mol. The lowest BCUT2D eigenvalue weighted by molar-refractivity contribution is -0.164. The van der Waals surface area contributed by atoms with Gasteiger partial charge in [-0.1, -0.05) is 24.3 Å². The average Bonchev–Trinajstić information content (AvgIpc) is 3.00. The lowest BCUT2D eigenvalue weighted by atomic mass is 9.75. The predicted octanol–water partition coefficient (Wildman–Crippen LogP) is 2.42. The number of hydrogen-bond acceptors (Lipinski definition) is 5. The van der Waals surface area contributed by atoms with Gasteiger partial charge >= 0.3 is 0 Å². The van der Waals surface area contributed by atoms with E-state index in [9.17, 15) is 10.3 Å². The second-order valence-corrected chi connectivity index (χ2v) is 5.95. The first-order valence-corrected chi connectivity index (χ1v) is 7.44. The highest BCUT2D eigenvalue weighted by atomic mass is 16.7. The fraction of sp³-hybridized carbons (Fsp3) is 0.294. The molecule has 112 valence electrons. The topological polar surface area (TPSA) is 62.2 Å². The van der Waals surface area contributed by atoms with Crippen LogP contribution in [0, 0.1) is 0 Å². The molecule has 5 rings (SSSR count). The summed E-state index contributed by atoms with van der Waals surface area (Å²) in [5.41, 5.74) is 4.80. The molecule has 2 heterocycles. The van der Waals surface area contributed by atoms with E-state index in [4.69, 9.17) is 9.47 Å². The molecule has 22 heavy (non-hydrogen) atoms. The van der Waals surface area contributed by atoms with Crippen molar-refractivity contribution in [3.63, 3.8) is 0 Å². The molecule has 0 saturated heterocycles. The fourth-order valence-electron chi connectivity index (χ4n) is 3.92. The zero-order valence-corrected chi connectivity index (χ0v) is 11.8. The van der Waals surface area contributed by atoms with Crippen LogP contribution in [0.2, 0.25) is 0 Å². The van der Waals surface area contributed by atoms with Gasteiger partial charge in [0.2, 0.25) is 6.79 Å². The summed E-state index contributed by atoms with van der Waals surface area (Å²) in [6, 6.07) is 9.28. The number of hydrogen-bond donors (Lipinski definition) is 2. The Balaban J connectivity index is 1.91. The van der Waals surface area contributed by atoms with E-state index >= 15 is 0 Å².